The van der Waals surface area contributed by atoms with Gasteiger partial charge in [0.15, 0.2) is 0 Å². The molecule has 11 atom stereocenters. The second-order valence-corrected chi connectivity index (χ2v) is 17.1. The van der Waals surface area contributed by atoms with E-state index in [1.165, 1.54) is 64.2 Å². The first-order chi connectivity index (χ1) is 23.7. The van der Waals surface area contributed by atoms with E-state index >= 15 is 0 Å². The van der Waals surface area contributed by atoms with Crippen LogP contribution in [-0.2, 0) is 19.0 Å². The van der Waals surface area contributed by atoms with Gasteiger partial charge in [0.25, 0.3) is 0 Å². The predicted octanol–water partition coefficient (Wildman–Crippen LogP) is 7.56. The summed E-state index contributed by atoms with van der Waals surface area (Å²) in [5.41, 5.74) is 12.3. The van der Waals surface area contributed by atoms with Gasteiger partial charge in [0.2, 0.25) is 0 Å². The van der Waals surface area contributed by atoms with Crippen molar-refractivity contribution in [1.29, 1.82) is 0 Å². The summed E-state index contributed by atoms with van der Waals surface area (Å²) >= 11 is 0. The van der Waals surface area contributed by atoms with Crippen LogP contribution in [0, 0.1) is 46.3 Å². The van der Waals surface area contributed by atoms with E-state index in [1.54, 1.807) is 0 Å². The van der Waals surface area contributed by atoms with Gasteiger partial charge in [0, 0.05) is 18.6 Å². The minimum atomic E-state index is -0.787. The monoisotopic (exact) mass is 692 g/mol. The van der Waals surface area contributed by atoms with Gasteiger partial charge in [-0.1, -0.05) is 59.8 Å². The average molecular weight is 692 g/mol. The maximum absolute atomic E-state index is 11.2. The average Bonchev–Trinajstić information content (AvgIpc) is 3.44. The number of fused-ring (bicyclic) bond motifs is 5. The van der Waals surface area contributed by atoms with E-state index in [2.05, 4.69) is 33.0 Å². The summed E-state index contributed by atoms with van der Waals surface area (Å²) in [6.45, 7) is 15.4. The van der Waals surface area contributed by atoms with Crippen LogP contribution >= 0.6 is 0 Å². The molecule has 0 aromatic carbocycles. The molecule has 0 aromatic heterocycles. The van der Waals surface area contributed by atoms with E-state index in [1.807, 2.05) is 0 Å². The molecule has 0 saturated heterocycles. The zero-order valence-electron chi connectivity index (χ0n) is 32.1. The van der Waals surface area contributed by atoms with E-state index in [0.29, 0.717) is 55.2 Å². The first-order valence-corrected chi connectivity index (χ1v) is 20.9. The van der Waals surface area contributed by atoms with Crippen molar-refractivity contribution in [1.82, 2.24) is 5.32 Å². The number of aliphatic carboxylic acids is 1. The number of ether oxygens (including phenoxy) is 3. The predicted molar refractivity (Wildman–Crippen MR) is 199 cm³/mol. The number of hydrogen-bond acceptors (Lipinski definition) is 7. The summed E-state index contributed by atoms with van der Waals surface area (Å²) in [6.07, 6.45) is 21.1. The Hall–Kier alpha value is -0.770. The molecule has 6 N–H and O–H groups in total. The van der Waals surface area contributed by atoms with E-state index < -0.39 is 5.97 Å². The van der Waals surface area contributed by atoms with Gasteiger partial charge in [-0.05, 0) is 144 Å². The van der Waals surface area contributed by atoms with Crippen molar-refractivity contribution in [3.63, 3.8) is 0 Å². The summed E-state index contributed by atoms with van der Waals surface area (Å²) in [4.78, 5) is 11.2. The molecule has 4 rings (SSSR count). The van der Waals surface area contributed by atoms with Gasteiger partial charge in [0.05, 0.1) is 31.3 Å². The molecule has 286 valence electrons. The van der Waals surface area contributed by atoms with E-state index in [-0.39, 0.29) is 35.6 Å². The smallest absolute Gasteiger partial charge is 0.305 e. The Morgan fingerprint density at radius 3 is 2.29 bits per heavy atom. The fraction of sp³-hybridized carbons (Fsp3) is 0.976. The Kier molecular flexibility index (Phi) is 17.1. The molecular formula is C41H77N3O5. The van der Waals surface area contributed by atoms with Crippen LogP contribution in [0.2, 0.25) is 0 Å². The van der Waals surface area contributed by atoms with Gasteiger partial charge in [0.1, 0.15) is 0 Å². The Morgan fingerprint density at radius 1 is 0.837 bits per heavy atom. The largest absolute Gasteiger partial charge is 0.481 e. The van der Waals surface area contributed by atoms with Crippen LogP contribution in [-0.4, -0.2) is 75.4 Å². The van der Waals surface area contributed by atoms with Gasteiger partial charge in [-0.3, -0.25) is 4.79 Å². The number of carbonyl (C=O) groups is 1. The standard InChI is InChI=1S/C41H77N3O5/c1-5-6-7-8-9-10-22-44-23-11-14-30(2)33-15-16-34-39-35(29-37(41(33,34)4)49-25-13-21-43)40(3)19-17-32(47-26-18-38(45)46)27-31(40)28-36(39)48-24-12-20-42/h30-37,39,44H,5-29,42-43H2,1-4H3,(H,45,46)/t30-,31?,32-,33-,34+,35+,36-,37+,39?,40+,41?/m1/s1. The minimum Gasteiger partial charge on any atom is -0.481 e. The Morgan fingerprint density at radius 2 is 1.55 bits per heavy atom. The van der Waals surface area contributed by atoms with E-state index in [0.717, 1.165) is 71.2 Å². The van der Waals surface area contributed by atoms with E-state index in [9.17, 15) is 9.90 Å². The third-order valence-corrected chi connectivity index (χ3v) is 14.2. The number of hydrogen-bond donors (Lipinski definition) is 4. The molecule has 8 nitrogen and oxygen atoms in total. The Balaban J connectivity index is 1.46. The molecule has 0 bridgehead atoms. The summed E-state index contributed by atoms with van der Waals surface area (Å²) in [5, 5.41) is 12.9. The second-order valence-electron chi connectivity index (χ2n) is 17.1. The molecule has 0 aromatic rings. The molecule has 0 radical (unpaired) electrons. The second kappa shape index (κ2) is 20.5. The molecule has 4 saturated carbocycles. The lowest BCUT2D eigenvalue weighted by molar-refractivity contribution is -0.227. The highest BCUT2D eigenvalue weighted by Gasteiger charge is 2.66. The van der Waals surface area contributed by atoms with Crippen molar-refractivity contribution in [2.24, 2.45) is 57.8 Å². The van der Waals surface area contributed by atoms with Crippen LogP contribution in [0.5, 0.6) is 0 Å². The van der Waals surface area contributed by atoms with Gasteiger partial charge in [-0.25, -0.2) is 0 Å². The molecule has 0 aliphatic heterocycles. The number of unbranched alkanes of at least 4 members (excludes halogenated alkanes) is 5. The number of rotatable bonds is 24. The molecule has 4 fully saturated rings. The fourth-order valence-electron chi connectivity index (χ4n) is 11.5. The Labute approximate surface area is 300 Å². The normalized spacial score (nSPS) is 36.2. The van der Waals surface area contributed by atoms with Crippen LogP contribution in [0.3, 0.4) is 0 Å². The quantitative estimate of drug-likeness (QED) is 0.0764. The van der Waals surface area contributed by atoms with Crippen LogP contribution in [0.1, 0.15) is 143 Å². The first kappa shape index (κ1) is 41.0. The van der Waals surface area contributed by atoms with Crippen molar-refractivity contribution >= 4 is 5.97 Å². The zero-order chi connectivity index (χ0) is 35.3. The number of nitrogens with one attached hydrogen (secondary N) is 1. The number of carboxylic acid groups (broad SMARTS) is 1. The molecule has 0 heterocycles. The van der Waals surface area contributed by atoms with Crippen LogP contribution in [0.25, 0.3) is 0 Å². The third kappa shape index (κ3) is 10.4. The topological polar surface area (TPSA) is 129 Å². The summed E-state index contributed by atoms with van der Waals surface area (Å²) < 4.78 is 20.1. The van der Waals surface area contributed by atoms with Crippen molar-refractivity contribution in [3.05, 3.63) is 0 Å². The highest BCUT2D eigenvalue weighted by atomic mass is 16.5. The number of nitrogens with two attached hydrogens (primary N) is 2. The van der Waals surface area contributed by atoms with E-state index in [4.69, 9.17) is 25.7 Å². The molecule has 4 aliphatic rings. The molecule has 3 unspecified atom stereocenters. The molecular weight excluding hydrogens is 614 g/mol. The lowest BCUT2D eigenvalue weighted by Gasteiger charge is -2.65. The van der Waals surface area contributed by atoms with Crippen LogP contribution < -0.4 is 16.8 Å². The third-order valence-electron chi connectivity index (χ3n) is 14.2. The van der Waals surface area contributed by atoms with Crippen LogP contribution in [0.15, 0.2) is 0 Å². The molecule has 0 spiro atoms. The zero-order valence-corrected chi connectivity index (χ0v) is 32.1. The molecule has 4 aliphatic carbocycles. The molecule has 0 amide bonds. The maximum atomic E-state index is 11.2. The van der Waals surface area contributed by atoms with Gasteiger partial charge >= 0.3 is 5.97 Å². The summed E-state index contributed by atoms with van der Waals surface area (Å²) in [7, 11) is 0. The lowest BCUT2D eigenvalue weighted by Crippen LogP contribution is -2.63. The molecule has 8 heteroatoms. The first-order valence-electron chi connectivity index (χ1n) is 20.9. The van der Waals surface area contributed by atoms with Gasteiger partial charge in [-0.15, -0.1) is 0 Å². The fourth-order valence-corrected chi connectivity index (χ4v) is 11.5. The van der Waals surface area contributed by atoms with Crippen molar-refractivity contribution in [2.45, 2.75) is 162 Å². The molecule has 49 heavy (non-hydrogen) atoms. The maximum Gasteiger partial charge on any atom is 0.305 e. The number of carboxylic acids is 1. The minimum absolute atomic E-state index is 0.0747. The lowest BCUT2D eigenvalue weighted by atomic mass is 9.43. The highest BCUT2D eigenvalue weighted by molar-refractivity contribution is 5.66. The Bertz CT molecular complexity index is 954. The summed E-state index contributed by atoms with van der Waals surface area (Å²) in [6, 6.07) is 0. The van der Waals surface area contributed by atoms with Gasteiger partial charge in [-0.2, -0.15) is 0 Å². The summed E-state index contributed by atoms with van der Waals surface area (Å²) in [5.74, 6) is 2.74. The SMILES string of the molecule is CCCCCCCCNCCC[C@@H](C)[C@H]1CC[C@H]2C3[C@H](OCCCN)CC4C[C@H](OCCC(=O)O)CC[C@]4(C)[C@H]3C[C@H](OCCCN)C12C. The van der Waals surface area contributed by atoms with Crippen molar-refractivity contribution < 1.29 is 24.1 Å². The van der Waals surface area contributed by atoms with Crippen LogP contribution in [0.4, 0.5) is 0 Å². The van der Waals surface area contributed by atoms with Crippen molar-refractivity contribution in [2.75, 3.05) is 46.0 Å². The van der Waals surface area contributed by atoms with Crippen molar-refractivity contribution in [3.8, 4) is 0 Å². The van der Waals surface area contributed by atoms with Gasteiger partial charge < -0.3 is 36.1 Å². The highest BCUT2D eigenvalue weighted by Crippen LogP contribution is 2.69.